The zero-order chi connectivity index (χ0) is 34.4. The number of carbonyl (C=O) groups is 2. The fourth-order valence-electron chi connectivity index (χ4n) is 7.14. The Kier molecular flexibility index (Phi) is 11.8. The van der Waals surface area contributed by atoms with E-state index in [9.17, 15) is 14.7 Å². The number of anilines is 1. The van der Waals surface area contributed by atoms with Crippen LogP contribution in [-0.4, -0.2) is 60.9 Å². The van der Waals surface area contributed by atoms with E-state index in [1.807, 2.05) is 55.1 Å². The van der Waals surface area contributed by atoms with Crippen LogP contribution in [0, 0.1) is 17.8 Å². The number of carboxylic acids is 1. The number of aliphatic carboxylic acids is 1. The van der Waals surface area contributed by atoms with Crippen molar-refractivity contribution < 1.29 is 28.9 Å². The summed E-state index contributed by atoms with van der Waals surface area (Å²) in [6.07, 6.45) is 2.70. The maximum Gasteiger partial charge on any atom is 0.309 e. The van der Waals surface area contributed by atoms with Crippen molar-refractivity contribution in [1.29, 1.82) is 0 Å². The summed E-state index contributed by atoms with van der Waals surface area (Å²) in [6, 6.07) is 19.4. The number of para-hydroxylation sites is 1. The Morgan fingerprint density at radius 1 is 0.917 bits per heavy atom. The van der Waals surface area contributed by atoms with Crippen molar-refractivity contribution in [2.24, 2.45) is 17.8 Å². The van der Waals surface area contributed by atoms with Gasteiger partial charge in [-0.1, -0.05) is 70.2 Å². The molecule has 48 heavy (non-hydrogen) atoms. The second kappa shape index (κ2) is 16.0. The van der Waals surface area contributed by atoms with Crippen molar-refractivity contribution in [2.75, 3.05) is 38.2 Å². The van der Waals surface area contributed by atoms with Crippen LogP contribution in [0.2, 0.25) is 0 Å². The van der Waals surface area contributed by atoms with Crippen LogP contribution in [0.1, 0.15) is 81.3 Å². The van der Waals surface area contributed by atoms with Gasteiger partial charge in [-0.3, -0.25) is 14.5 Å². The molecule has 0 saturated carbocycles. The molecule has 8 nitrogen and oxygen atoms in total. The third kappa shape index (κ3) is 8.77. The zero-order valence-corrected chi connectivity index (χ0v) is 29.3. The molecule has 0 radical (unpaired) electrons. The van der Waals surface area contributed by atoms with Gasteiger partial charge in [-0.05, 0) is 84.5 Å². The molecule has 2 aliphatic heterocycles. The summed E-state index contributed by atoms with van der Waals surface area (Å²) in [5, 5.41) is 14.0. The van der Waals surface area contributed by atoms with Crippen molar-refractivity contribution >= 4 is 17.6 Å². The van der Waals surface area contributed by atoms with E-state index in [0.717, 1.165) is 58.5 Å². The molecular formula is C40H52N2O6. The molecule has 3 atom stereocenters. The SMILES string of the molecule is CC(C)Cc1cccc(CC(C)C)c1NC(=O)CN1C[C@H](c2ccc3c(c2)OCC3)[C@@H](C(=O)O)[C@@H]1c1ccc(OCCOC(C)C)cc1. The van der Waals surface area contributed by atoms with Gasteiger partial charge in [0.15, 0.2) is 0 Å². The van der Waals surface area contributed by atoms with Gasteiger partial charge in [-0.25, -0.2) is 0 Å². The summed E-state index contributed by atoms with van der Waals surface area (Å²) in [4.78, 5) is 29.1. The van der Waals surface area contributed by atoms with Gasteiger partial charge in [-0.2, -0.15) is 0 Å². The van der Waals surface area contributed by atoms with Crippen LogP contribution in [0.3, 0.4) is 0 Å². The lowest BCUT2D eigenvalue weighted by Gasteiger charge is -2.27. The van der Waals surface area contributed by atoms with E-state index in [2.05, 4.69) is 57.3 Å². The van der Waals surface area contributed by atoms with Crippen molar-refractivity contribution in [3.05, 3.63) is 88.5 Å². The minimum atomic E-state index is -0.887. The number of amides is 1. The first kappa shape index (κ1) is 35.4. The Morgan fingerprint density at radius 3 is 2.21 bits per heavy atom. The standard InChI is InChI=1S/C40H52N2O6/c1-25(2)20-31-8-7-9-32(21-26(3)4)38(31)41-36(43)24-42-23-34(30-11-10-28-16-17-48-35(28)22-30)37(40(44)45)39(42)29-12-14-33(15-13-29)47-19-18-46-27(5)6/h7-15,22,25-27,34,37,39H,16-21,23-24H2,1-6H3,(H,41,43)(H,44,45)/t34-,37-,39+/m1/s1. The highest BCUT2D eigenvalue weighted by atomic mass is 16.5. The molecule has 0 unspecified atom stereocenters. The van der Waals surface area contributed by atoms with Gasteiger partial charge in [-0.15, -0.1) is 0 Å². The number of carboxylic acid groups (broad SMARTS) is 1. The molecular weight excluding hydrogens is 604 g/mol. The molecule has 0 aromatic heterocycles. The van der Waals surface area contributed by atoms with Crippen molar-refractivity contribution in [1.82, 2.24) is 4.90 Å². The highest BCUT2D eigenvalue weighted by Gasteiger charge is 2.48. The molecule has 1 saturated heterocycles. The van der Waals surface area contributed by atoms with E-state index in [-0.39, 0.29) is 24.5 Å². The van der Waals surface area contributed by atoms with Gasteiger partial charge in [0.05, 0.1) is 31.8 Å². The maximum absolute atomic E-state index is 14.0. The Labute approximate surface area is 285 Å². The number of likely N-dealkylation sites (tertiary alicyclic amines) is 1. The fraction of sp³-hybridized carbons (Fsp3) is 0.500. The Morgan fingerprint density at radius 2 is 1.58 bits per heavy atom. The van der Waals surface area contributed by atoms with Crippen LogP contribution in [0.25, 0.3) is 0 Å². The first-order chi connectivity index (χ1) is 23.0. The van der Waals surface area contributed by atoms with Gasteiger partial charge in [0.2, 0.25) is 5.91 Å². The largest absolute Gasteiger partial charge is 0.493 e. The lowest BCUT2D eigenvalue weighted by molar-refractivity contribution is -0.143. The summed E-state index contributed by atoms with van der Waals surface area (Å²) >= 11 is 0. The van der Waals surface area contributed by atoms with Crippen molar-refractivity contribution in [2.45, 2.75) is 78.9 Å². The lowest BCUT2D eigenvalue weighted by Crippen LogP contribution is -2.35. The molecule has 0 aliphatic carbocycles. The average Bonchev–Trinajstić information content (AvgIpc) is 3.65. The lowest BCUT2D eigenvalue weighted by atomic mass is 9.82. The molecule has 8 heteroatoms. The van der Waals surface area contributed by atoms with Gasteiger partial charge in [0, 0.05) is 30.6 Å². The van der Waals surface area contributed by atoms with E-state index in [4.69, 9.17) is 14.2 Å². The summed E-state index contributed by atoms with van der Waals surface area (Å²) in [5.41, 5.74) is 6.05. The third-order valence-corrected chi connectivity index (χ3v) is 9.16. The Hall–Kier alpha value is -3.88. The smallest absolute Gasteiger partial charge is 0.309 e. The quantitative estimate of drug-likeness (QED) is 0.166. The molecule has 1 fully saturated rings. The Bertz CT molecular complexity index is 1520. The van der Waals surface area contributed by atoms with E-state index >= 15 is 0 Å². The number of benzene rings is 3. The predicted octanol–water partition coefficient (Wildman–Crippen LogP) is 7.30. The van der Waals surface area contributed by atoms with E-state index in [1.54, 1.807) is 0 Å². The normalized spacial score (nSPS) is 19.1. The summed E-state index contributed by atoms with van der Waals surface area (Å²) in [6.45, 7) is 14.7. The highest BCUT2D eigenvalue weighted by molar-refractivity contribution is 5.94. The topological polar surface area (TPSA) is 97.3 Å². The number of hydrogen-bond acceptors (Lipinski definition) is 6. The van der Waals surface area contributed by atoms with Crippen LogP contribution in [0.5, 0.6) is 11.5 Å². The first-order valence-corrected chi connectivity index (χ1v) is 17.5. The number of nitrogens with one attached hydrogen (secondary N) is 1. The number of carbonyl (C=O) groups excluding carboxylic acids is 1. The molecule has 2 aliphatic rings. The molecule has 2 heterocycles. The van der Waals surface area contributed by atoms with Crippen LogP contribution < -0.4 is 14.8 Å². The molecule has 0 bridgehead atoms. The van der Waals surface area contributed by atoms with Gasteiger partial charge >= 0.3 is 5.97 Å². The second-order valence-corrected chi connectivity index (χ2v) is 14.3. The summed E-state index contributed by atoms with van der Waals surface area (Å²) in [5.74, 6) is 0.243. The fourth-order valence-corrected chi connectivity index (χ4v) is 7.14. The summed E-state index contributed by atoms with van der Waals surface area (Å²) < 4.78 is 17.3. The van der Waals surface area contributed by atoms with Crippen LogP contribution >= 0.6 is 0 Å². The number of rotatable bonds is 15. The maximum atomic E-state index is 14.0. The van der Waals surface area contributed by atoms with Gasteiger partial charge < -0.3 is 24.6 Å². The molecule has 1 amide bonds. The minimum Gasteiger partial charge on any atom is -0.493 e. The number of fused-ring (bicyclic) bond motifs is 1. The highest BCUT2D eigenvalue weighted by Crippen LogP contribution is 2.47. The number of hydrogen-bond donors (Lipinski definition) is 2. The third-order valence-electron chi connectivity index (χ3n) is 9.16. The molecule has 5 rings (SSSR count). The van der Waals surface area contributed by atoms with Crippen LogP contribution in [-0.2, 0) is 33.6 Å². The summed E-state index contributed by atoms with van der Waals surface area (Å²) in [7, 11) is 0. The number of ether oxygens (including phenoxy) is 3. The van der Waals surface area contributed by atoms with E-state index < -0.39 is 17.9 Å². The van der Waals surface area contributed by atoms with E-state index in [1.165, 1.54) is 0 Å². The molecule has 3 aromatic rings. The van der Waals surface area contributed by atoms with Gasteiger partial charge in [0.1, 0.15) is 18.1 Å². The average molecular weight is 657 g/mol. The second-order valence-electron chi connectivity index (χ2n) is 14.3. The predicted molar refractivity (Wildman–Crippen MR) is 189 cm³/mol. The van der Waals surface area contributed by atoms with Gasteiger partial charge in [0.25, 0.3) is 0 Å². The molecule has 3 aromatic carbocycles. The van der Waals surface area contributed by atoms with Crippen molar-refractivity contribution in [3.8, 4) is 11.5 Å². The molecule has 0 spiro atoms. The molecule has 2 N–H and O–H groups in total. The Balaban J connectivity index is 1.44. The zero-order valence-electron chi connectivity index (χ0n) is 29.3. The van der Waals surface area contributed by atoms with E-state index in [0.29, 0.717) is 44.0 Å². The first-order valence-electron chi connectivity index (χ1n) is 17.5. The monoisotopic (exact) mass is 656 g/mol. The minimum absolute atomic E-state index is 0.0638. The number of nitrogens with zero attached hydrogens (tertiary/aromatic N) is 1. The van der Waals surface area contributed by atoms with Crippen molar-refractivity contribution in [3.63, 3.8) is 0 Å². The van der Waals surface area contributed by atoms with Crippen LogP contribution in [0.4, 0.5) is 5.69 Å². The molecule has 258 valence electrons. The van der Waals surface area contributed by atoms with Crippen LogP contribution in [0.15, 0.2) is 60.7 Å².